The highest BCUT2D eigenvalue weighted by molar-refractivity contribution is 5.87. The molecule has 0 aliphatic carbocycles. The van der Waals surface area contributed by atoms with E-state index in [1.165, 1.54) is 18.2 Å². The average molecular weight is 474 g/mol. The number of anilines is 1. The molecular weight excluding hydrogens is 442 g/mol. The molecule has 0 aliphatic heterocycles. The van der Waals surface area contributed by atoms with E-state index in [2.05, 4.69) is 30.4 Å². The molecule has 0 heterocycles. The van der Waals surface area contributed by atoms with Crippen LogP contribution in [0, 0.1) is 0 Å². The number of hydrogen-bond acceptors (Lipinski definition) is 8. The SMILES string of the molecule is C=CCOC(=O)CCC(NC(=O)NC(Cc1ccc(N)cc1)C(=O)OCC=C)C(=O)OCC=C. The van der Waals surface area contributed by atoms with Crippen molar-refractivity contribution in [3.63, 3.8) is 0 Å². The van der Waals surface area contributed by atoms with Gasteiger partial charge in [0.05, 0.1) is 0 Å². The summed E-state index contributed by atoms with van der Waals surface area (Å²) in [7, 11) is 0. The van der Waals surface area contributed by atoms with Gasteiger partial charge in [0.25, 0.3) is 0 Å². The number of nitrogens with two attached hydrogens (primary N) is 1. The van der Waals surface area contributed by atoms with Crippen LogP contribution in [-0.4, -0.2) is 55.8 Å². The van der Waals surface area contributed by atoms with E-state index in [0.29, 0.717) is 5.69 Å². The highest BCUT2D eigenvalue weighted by Gasteiger charge is 2.27. The van der Waals surface area contributed by atoms with Gasteiger partial charge in [-0.05, 0) is 24.1 Å². The van der Waals surface area contributed by atoms with Crippen LogP contribution >= 0.6 is 0 Å². The van der Waals surface area contributed by atoms with Crippen molar-refractivity contribution < 1.29 is 33.4 Å². The number of nitrogens with one attached hydrogen (secondary N) is 2. The predicted octanol–water partition coefficient (Wildman–Crippen LogP) is 1.82. The van der Waals surface area contributed by atoms with E-state index in [1.807, 2.05) is 0 Å². The van der Waals surface area contributed by atoms with Crippen molar-refractivity contribution in [1.82, 2.24) is 10.6 Å². The van der Waals surface area contributed by atoms with Gasteiger partial charge in [0.15, 0.2) is 0 Å². The van der Waals surface area contributed by atoms with Crippen LogP contribution in [0.5, 0.6) is 0 Å². The molecule has 1 rings (SSSR count). The number of hydrogen-bond donors (Lipinski definition) is 3. The Labute approximate surface area is 198 Å². The van der Waals surface area contributed by atoms with Crippen molar-refractivity contribution in [2.45, 2.75) is 31.3 Å². The van der Waals surface area contributed by atoms with Crippen LogP contribution in [0.4, 0.5) is 10.5 Å². The van der Waals surface area contributed by atoms with Gasteiger partial charge in [0, 0.05) is 18.5 Å². The van der Waals surface area contributed by atoms with Gasteiger partial charge in [-0.15, -0.1) is 0 Å². The Morgan fingerprint density at radius 2 is 1.32 bits per heavy atom. The third-order valence-corrected chi connectivity index (χ3v) is 4.29. The molecule has 2 atom stereocenters. The van der Waals surface area contributed by atoms with Crippen LogP contribution in [0.25, 0.3) is 0 Å². The number of nitrogen functional groups attached to an aromatic ring is 1. The fourth-order valence-corrected chi connectivity index (χ4v) is 2.66. The molecule has 2 unspecified atom stereocenters. The fraction of sp³-hybridized carbons (Fsp3) is 0.333. The average Bonchev–Trinajstić information content (AvgIpc) is 2.82. The minimum Gasteiger partial charge on any atom is -0.461 e. The van der Waals surface area contributed by atoms with Crippen LogP contribution in [-0.2, 0) is 35.0 Å². The second-order valence-corrected chi connectivity index (χ2v) is 7.02. The smallest absolute Gasteiger partial charge is 0.329 e. The summed E-state index contributed by atoms with van der Waals surface area (Å²) in [6.07, 6.45) is 4.05. The summed E-state index contributed by atoms with van der Waals surface area (Å²) in [5.74, 6) is -2.03. The molecule has 0 aromatic heterocycles. The van der Waals surface area contributed by atoms with E-state index in [4.69, 9.17) is 19.9 Å². The molecule has 10 nitrogen and oxygen atoms in total. The number of carbonyl (C=O) groups is 4. The molecule has 34 heavy (non-hydrogen) atoms. The maximum atomic E-state index is 12.7. The number of carbonyl (C=O) groups excluding carboxylic acids is 4. The van der Waals surface area contributed by atoms with Crippen molar-refractivity contribution >= 4 is 29.6 Å². The van der Waals surface area contributed by atoms with Crippen molar-refractivity contribution in [2.75, 3.05) is 25.6 Å². The molecule has 4 N–H and O–H groups in total. The molecule has 0 spiro atoms. The van der Waals surface area contributed by atoms with Crippen LogP contribution in [0.2, 0.25) is 0 Å². The lowest BCUT2D eigenvalue weighted by atomic mass is 10.1. The first-order chi connectivity index (χ1) is 16.3. The maximum Gasteiger partial charge on any atom is 0.329 e. The zero-order valence-electron chi connectivity index (χ0n) is 19.0. The number of benzene rings is 1. The molecule has 1 aromatic rings. The van der Waals surface area contributed by atoms with Crippen molar-refractivity contribution in [2.24, 2.45) is 0 Å². The van der Waals surface area contributed by atoms with E-state index in [-0.39, 0.29) is 39.1 Å². The Bertz CT molecular complexity index is 868. The number of urea groups is 1. The van der Waals surface area contributed by atoms with Gasteiger partial charge < -0.3 is 30.6 Å². The third-order valence-electron chi connectivity index (χ3n) is 4.29. The van der Waals surface area contributed by atoms with Gasteiger partial charge >= 0.3 is 23.9 Å². The number of amides is 2. The molecule has 10 heteroatoms. The van der Waals surface area contributed by atoms with Gasteiger partial charge in [0.1, 0.15) is 31.9 Å². The molecule has 0 bridgehead atoms. The molecule has 1 aromatic carbocycles. The number of esters is 3. The van der Waals surface area contributed by atoms with E-state index in [1.54, 1.807) is 24.3 Å². The summed E-state index contributed by atoms with van der Waals surface area (Å²) in [5.41, 5.74) is 6.96. The van der Waals surface area contributed by atoms with Gasteiger partial charge in [-0.3, -0.25) is 4.79 Å². The summed E-state index contributed by atoms with van der Waals surface area (Å²) < 4.78 is 15.0. The molecule has 0 fully saturated rings. The first-order valence-electron chi connectivity index (χ1n) is 10.5. The highest BCUT2D eigenvalue weighted by Crippen LogP contribution is 2.10. The zero-order chi connectivity index (χ0) is 25.3. The van der Waals surface area contributed by atoms with Gasteiger partial charge in [0.2, 0.25) is 0 Å². The van der Waals surface area contributed by atoms with Gasteiger partial charge in [-0.2, -0.15) is 0 Å². The summed E-state index contributed by atoms with van der Waals surface area (Å²) in [5, 5.41) is 4.94. The first kappa shape index (κ1) is 28.0. The summed E-state index contributed by atoms with van der Waals surface area (Å²) in [6, 6.07) is 3.71. The molecule has 0 saturated heterocycles. The lowest BCUT2D eigenvalue weighted by Gasteiger charge is -2.21. The lowest BCUT2D eigenvalue weighted by molar-refractivity contribution is -0.146. The molecule has 2 amide bonds. The van der Waals surface area contributed by atoms with Crippen molar-refractivity contribution in [3.8, 4) is 0 Å². The first-order valence-corrected chi connectivity index (χ1v) is 10.5. The molecule has 184 valence electrons. The van der Waals surface area contributed by atoms with Crippen molar-refractivity contribution in [3.05, 3.63) is 67.8 Å². The Morgan fingerprint density at radius 3 is 1.88 bits per heavy atom. The summed E-state index contributed by atoms with van der Waals surface area (Å²) in [4.78, 5) is 49.3. The minimum absolute atomic E-state index is 0.0258. The second kappa shape index (κ2) is 15.7. The molecule has 0 aliphatic rings. The Morgan fingerprint density at radius 1 is 0.824 bits per heavy atom. The highest BCUT2D eigenvalue weighted by atomic mass is 16.5. The predicted molar refractivity (Wildman–Crippen MR) is 127 cm³/mol. The van der Waals surface area contributed by atoms with Crippen LogP contribution in [0.15, 0.2) is 62.2 Å². The Hall–Kier alpha value is -4.08. The van der Waals surface area contributed by atoms with E-state index in [9.17, 15) is 19.2 Å². The lowest BCUT2D eigenvalue weighted by Crippen LogP contribution is -2.52. The topological polar surface area (TPSA) is 146 Å². The number of rotatable bonds is 15. The second-order valence-electron chi connectivity index (χ2n) is 7.02. The molecule has 0 radical (unpaired) electrons. The standard InChI is InChI=1S/C24H31N3O7/c1-4-13-32-21(28)12-11-19(22(29)33-14-5-2)26-24(31)27-20(23(30)34-15-6-3)16-17-7-9-18(25)10-8-17/h4-10,19-20H,1-3,11-16,25H2,(H2,26,27,31). The zero-order valence-corrected chi connectivity index (χ0v) is 19.0. The van der Waals surface area contributed by atoms with Crippen LogP contribution in [0.3, 0.4) is 0 Å². The van der Waals surface area contributed by atoms with Crippen LogP contribution in [0.1, 0.15) is 18.4 Å². The monoisotopic (exact) mass is 473 g/mol. The van der Waals surface area contributed by atoms with Gasteiger partial charge in [-0.25, -0.2) is 14.4 Å². The van der Waals surface area contributed by atoms with E-state index < -0.39 is 36.0 Å². The molecular formula is C24H31N3O7. The minimum atomic E-state index is -1.17. The van der Waals surface area contributed by atoms with Crippen molar-refractivity contribution in [1.29, 1.82) is 0 Å². The summed E-state index contributed by atoms with van der Waals surface area (Å²) in [6.45, 7) is 10.3. The maximum absolute atomic E-state index is 12.7. The largest absolute Gasteiger partial charge is 0.461 e. The third kappa shape index (κ3) is 11.0. The van der Waals surface area contributed by atoms with Crippen LogP contribution < -0.4 is 16.4 Å². The van der Waals surface area contributed by atoms with E-state index >= 15 is 0 Å². The quantitative estimate of drug-likeness (QED) is 0.151. The van der Waals surface area contributed by atoms with E-state index in [0.717, 1.165) is 5.56 Å². The normalized spacial score (nSPS) is 11.8. The number of ether oxygens (including phenoxy) is 3. The Balaban J connectivity index is 2.88. The fourth-order valence-electron chi connectivity index (χ4n) is 2.66. The van der Waals surface area contributed by atoms with Gasteiger partial charge in [-0.1, -0.05) is 50.1 Å². The summed E-state index contributed by atoms with van der Waals surface area (Å²) >= 11 is 0. The molecule has 0 saturated carbocycles. The Kier molecular flexibility index (Phi) is 12.9.